The first kappa shape index (κ1) is 18.6. The van der Waals surface area contributed by atoms with Crippen molar-refractivity contribution < 1.29 is 13.2 Å². The van der Waals surface area contributed by atoms with Crippen molar-refractivity contribution in [1.82, 2.24) is 0 Å². The highest BCUT2D eigenvalue weighted by Crippen LogP contribution is 2.47. The third kappa shape index (κ3) is 3.52. The van der Waals surface area contributed by atoms with Gasteiger partial charge < -0.3 is 11.5 Å². The Morgan fingerprint density at radius 2 is 1.81 bits per heavy atom. The zero-order valence-corrected chi connectivity index (χ0v) is 15.6. The van der Waals surface area contributed by atoms with Crippen molar-refractivity contribution in [1.29, 1.82) is 0 Å². The Morgan fingerprint density at radius 1 is 1.15 bits per heavy atom. The number of rotatable bonds is 7. The molecular formula is C20H24N2O3S. The number of carbonyl (C=O) groups excluding carboxylic acids is 1. The molecule has 1 aliphatic carbocycles. The van der Waals surface area contributed by atoms with Crippen molar-refractivity contribution in [2.24, 2.45) is 17.4 Å². The van der Waals surface area contributed by atoms with Crippen LogP contribution in [0.1, 0.15) is 35.4 Å². The number of carbonyl (C=O) groups is 1. The van der Waals surface area contributed by atoms with Gasteiger partial charge in [0.05, 0.1) is 5.92 Å². The lowest BCUT2D eigenvalue weighted by molar-refractivity contribution is -0.119. The molecule has 1 saturated carbocycles. The van der Waals surface area contributed by atoms with E-state index >= 15 is 0 Å². The van der Waals surface area contributed by atoms with Crippen molar-refractivity contribution in [3.8, 4) is 0 Å². The van der Waals surface area contributed by atoms with Crippen molar-refractivity contribution >= 4 is 15.7 Å². The van der Waals surface area contributed by atoms with Gasteiger partial charge in [0.2, 0.25) is 5.91 Å². The molecule has 0 bridgehead atoms. The quantitative estimate of drug-likeness (QED) is 0.776. The molecule has 5 nitrogen and oxygen atoms in total. The molecular weight excluding hydrogens is 348 g/mol. The summed E-state index contributed by atoms with van der Waals surface area (Å²) in [5.41, 5.74) is 14.3. The Bertz CT molecular complexity index is 908. The van der Waals surface area contributed by atoms with Crippen LogP contribution < -0.4 is 11.5 Å². The Morgan fingerprint density at radius 3 is 2.35 bits per heavy atom. The first-order valence-corrected chi connectivity index (χ1v) is 10.5. The summed E-state index contributed by atoms with van der Waals surface area (Å²) in [6, 6.07) is 16.6. The topological polar surface area (TPSA) is 103 Å². The minimum absolute atomic E-state index is 0.0890. The summed E-state index contributed by atoms with van der Waals surface area (Å²) >= 11 is 0. The lowest BCUT2D eigenvalue weighted by Crippen LogP contribution is -2.46. The van der Waals surface area contributed by atoms with Gasteiger partial charge in [0, 0.05) is 6.26 Å². The molecule has 4 N–H and O–H groups in total. The van der Waals surface area contributed by atoms with Crippen molar-refractivity contribution in [3.63, 3.8) is 0 Å². The Kier molecular flexibility index (Phi) is 4.90. The predicted octanol–water partition coefficient (Wildman–Crippen LogP) is 2.06. The molecule has 1 aliphatic rings. The summed E-state index contributed by atoms with van der Waals surface area (Å²) in [7, 11) is -3.51. The summed E-state index contributed by atoms with van der Waals surface area (Å²) in [6.45, 7) is 0. The van der Waals surface area contributed by atoms with Gasteiger partial charge in [0.15, 0.2) is 9.84 Å². The molecule has 0 aromatic heterocycles. The van der Waals surface area contributed by atoms with Crippen LogP contribution in [0, 0.1) is 5.92 Å². The van der Waals surface area contributed by atoms with Gasteiger partial charge in [0.1, 0.15) is 4.87 Å². The normalized spacial score (nSPS) is 18.1. The number of hydrogen-bond acceptors (Lipinski definition) is 4. The summed E-state index contributed by atoms with van der Waals surface area (Å²) in [6.07, 6.45) is 3.21. The van der Waals surface area contributed by atoms with E-state index in [1.165, 1.54) is 6.26 Å². The summed E-state index contributed by atoms with van der Waals surface area (Å²) in [5.74, 6) is -1.08. The highest BCUT2D eigenvalue weighted by atomic mass is 32.2. The molecule has 2 aromatic carbocycles. The molecule has 1 fully saturated rings. The van der Waals surface area contributed by atoms with Crippen molar-refractivity contribution in [3.05, 3.63) is 71.3 Å². The Balaban J connectivity index is 2.00. The average molecular weight is 372 g/mol. The maximum atomic E-state index is 12.4. The standard InChI is InChI=1S/C20H24N2O3S/c1-26(24,25)20(22,16-10-11-16)17-9-5-8-15(13-17)18(19(21)23)12-14-6-3-2-4-7-14/h2-9,13,16,18H,10-12,22H2,1H3,(H2,21,23). The Labute approximate surface area is 154 Å². The molecule has 2 atom stereocenters. The zero-order chi connectivity index (χ0) is 18.9. The van der Waals surface area contributed by atoms with Crippen LogP contribution in [0.2, 0.25) is 0 Å². The van der Waals surface area contributed by atoms with E-state index in [0.717, 1.165) is 18.4 Å². The number of sulfone groups is 1. The van der Waals surface area contributed by atoms with Gasteiger partial charge in [-0.3, -0.25) is 4.79 Å². The minimum atomic E-state index is -3.51. The fourth-order valence-corrected chi connectivity index (χ4v) is 4.89. The number of nitrogens with two attached hydrogens (primary N) is 2. The lowest BCUT2D eigenvalue weighted by Gasteiger charge is -2.29. The smallest absolute Gasteiger partial charge is 0.225 e. The van der Waals surface area contributed by atoms with Crippen LogP contribution in [0.5, 0.6) is 0 Å². The first-order valence-electron chi connectivity index (χ1n) is 8.65. The third-order valence-electron chi connectivity index (χ3n) is 5.16. The van der Waals surface area contributed by atoms with Gasteiger partial charge in [-0.25, -0.2) is 8.42 Å². The summed E-state index contributed by atoms with van der Waals surface area (Å²) in [4.78, 5) is 10.7. The molecule has 0 spiro atoms. The molecule has 0 aliphatic heterocycles. The monoisotopic (exact) mass is 372 g/mol. The highest BCUT2D eigenvalue weighted by molar-refractivity contribution is 7.91. The van der Waals surface area contributed by atoms with E-state index in [4.69, 9.17) is 11.5 Å². The lowest BCUT2D eigenvalue weighted by atomic mass is 9.89. The molecule has 3 rings (SSSR count). The molecule has 1 amide bonds. The molecule has 0 heterocycles. The molecule has 6 heteroatoms. The van der Waals surface area contributed by atoms with Crippen molar-refractivity contribution in [2.75, 3.05) is 6.26 Å². The van der Waals surface area contributed by atoms with Crippen LogP contribution in [-0.4, -0.2) is 20.6 Å². The van der Waals surface area contributed by atoms with Crippen LogP contribution in [0.4, 0.5) is 0 Å². The molecule has 2 unspecified atom stereocenters. The maximum Gasteiger partial charge on any atom is 0.225 e. The summed E-state index contributed by atoms with van der Waals surface area (Å²) in [5, 5.41) is 0. The van der Waals surface area contributed by atoms with E-state index in [0.29, 0.717) is 17.5 Å². The largest absolute Gasteiger partial charge is 0.369 e. The van der Waals surface area contributed by atoms with Gasteiger partial charge >= 0.3 is 0 Å². The van der Waals surface area contributed by atoms with Crippen LogP contribution in [-0.2, 0) is 25.9 Å². The van der Waals surface area contributed by atoms with Crippen LogP contribution in [0.3, 0.4) is 0 Å². The number of hydrogen-bond donors (Lipinski definition) is 2. The second-order valence-corrected chi connectivity index (χ2v) is 9.33. The van der Waals surface area contributed by atoms with E-state index in [1.807, 2.05) is 30.3 Å². The van der Waals surface area contributed by atoms with E-state index < -0.39 is 26.5 Å². The molecule has 26 heavy (non-hydrogen) atoms. The number of benzene rings is 2. The molecule has 2 aromatic rings. The second kappa shape index (κ2) is 6.85. The number of primary amides is 1. The number of amides is 1. The zero-order valence-electron chi connectivity index (χ0n) is 14.8. The van der Waals surface area contributed by atoms with E-state index in [9.17, 15) is 13.2 Å². The molecule has 0 radical (unpaired) electrons. The van der Waals surface area contributed by atoms with Crippen LogP contribution >= 0.6 is 0 Å². The minimum Gasteiger partial charge on any atom is -0.369 e. The fraction of sp³-hybridized carbons (Fsp3) is 0.350. The van der Waals surface area contributed by atoms with Gasteiger partial charge in [-0.1, -0.05) is 54.6 Å². The summed E-state index contributed by atoms with van der Waals surface area (Å²) < 4.78 is 24.8. The first-order chi connectivity index (χ1) is 12.2. The van der Waals surface area contributed by atoms with Crippen molar-refractivity contribution in [2.45, 2.75) is 30.1 Å². The van der Waals surface area contributed by atoms with E-state index in [-0.39, 0.29) is 5.92 Å². The predicted molar refractivity (Wildman–Crippen MR) is 102 cm³/mol. The maximum absolute atomic E-state index is 12.4. The Hall–Kier alpha value is -2.18. The SMILES string of the molecule is CS(=O)(=O)C(N)(c1cccc(C(Cc2ccccc2)C(N)=O)c1)C1CC1. The van der Waals surface area contributed by atoms with Crippen LogP contribution in [0.15, 0.2) is 54.6 Å². The van der Waals surface area contributed by atoms with Gasteiger partial charge in [0.25, 0.3) is 0 Å². The van der Waals surface area contributed by atoms with E-state index in [1.54, 1.807) is 24.3 Å². The second-order valence-electron chi connectivity index (χ2n) is 7.11. The average Bonchev–Trinajstić information content (AvgIpc) is 3.44. The fourth-order valence-electron chi connectivity index (χ4n) is 3.50. The third-order valence-corrected chi connectivity index (χ3v) is 6.96. The van der Waals surface area contributed by atoms with E-state index in [2.05, 4.69) is 0 Å². The highest BCUT2D eigenvalue weighted by Gasteiger charge is 2.51. The molecule has 138 valence electrons. The van der Waals surface area contributed by atoms with Gasteiger partial charge in [-0.15, -0.1) is 0 Å². The molecule has 0 saturated heterocycles. The van der Waals surface area contributed by atoms with Crippen LogP contribution in [0.25, 0.3) is 0 Å². The van der Waals surface area contributed by atoms with Gasteiger partial charge in [-0.05, 0) is 41.9 Å². The van der Waals surface area contributed by atoms with Gasteiger partial charge in [-0.2, -0.15) is 0 Å².